The van der Waals surface area contributed by atoms with E-state index in [0.29, 0.717) is 24.5 Å². The van der Waals surface area contributed by atoms with Crippen LogP contribution in [0.2, 0.25) is 0 Å². The van der Waals surface area contributed by atoms with Gasteiger partial charge in [-0.15, -0.1) is 4.40 Å². The van der Waals surface area contributed by atoms with E-state index in [-0.39, 0.29) is 16.2 Å². The van der Waals surface area contributed by atoms with E-state index in [1.54, 1.807) is 12.1 Å². The van der Waals surface area contributed by atoms with Crippen molar-refractivity contribution in [2.45, 2.75) is 37.5 Å². The number of ether oxygens (including phenoxy) is 1. The first-order valence-electron chi connectivity index (χ1n) is 9.14. The van der Waals surface area contributed by atoms with Gasteiger partial charge in [0.2, 0.25) is 0 Å². The molecule has 1 fully saturated rings. The number of ketones is 1. The normalized spacial score (nSPS) is 18.2. The number of carbonyl (C=O) groups is 2. The average Bonchev–Trinajstić information content (AvgIpc) is 2.91. The molecule has 3 rings (SSSR count). The number of Topliss-reactive ketones (excluding diaryl/α,β-unsaturated/α-hetero) is 1. The molecule has 0 radical (unpaired) electrons. The molecule has 0 spiro atoms. The number of amidine groups is 1. The number of sulfonamides is 1. The fraction of sp³-hybridized carbons (Fsp3) is 0.421. The molecule has 9 nitrogen and oxygen atoms in total. The maximum Gasteiger partial charge on any atom is 0.338 e. The van der Waals surface area contributed by atoms with Gasteiger partial charge in [0.1, 0.15) is 16.6 Å². The lowest BCUT2D eigenvalue weighted by atomic mass is 10.0. The summed E-state index contributed by atoms with van der Waals surface area (Å²) in [5.41, 5.74) is 0.307. The van der Waals surface area contributed by atoms with Crippen molar-refractivity contribution in [3.63, 3.8) is 0 Å². The SMILES string of the molecule is CC(=N)C(C#N)C(=O)COC(=O)c1ccc2c(c1)S(=O)(=O)N=C1CCCCCN12. The smallest absolute Gasteiger partial charge is 0.338 e. The molecule has 1 saturated heterocycles. The molecular weight excluding hydrogens is 396 g/mol. The number of esters is 1. The predicted molar refractivity (Wildman–Crippen MR) is 105 cm³/mol. The third-order valence-electron chi connectivity index (χ3n) is 4.81. The van der Waals surface area contributed by atoms with Crippen molar-refractivity contribution in [2.75, 3.05) is 18.1 Å². The topological polar surface area (TPSA) is 141 Å². The minimum absolute atomic E-state index is 0.0336. The first kappa shape index (κ1) is 20.7. The van der Waals surface area contributed by atoms with Crippen LogP contribution in [0.25, 0.3) is 0 Å². The van der Waals surface area contributed by atoms with Gasteiger partial charge < -0.3 is 15.0 Å². The van der Waals surface area contributed by atoms with Crippen LogP contribution in [0.15, 0.2) is 27.5 Å². The van der Waals surface area contributed by atoms with Crippen LogP contribution >= 0.6 is 0 Å². The lowest BCUT2D eigenvalue weighted by Crippen LogP contribution is -2.35. The maximum absolute atomic E-state index is 12.6. The fourth-order valence-electron chi connectivity index (χ4n) is 3.32. The van der Waals surface area contributed by atoms with Crippen molar-refractivity contribution >= 4 is 39.0 Å². The van der Waals surface area contributed by atoms with Gasteiger partial charge in [0, 0.05) is 18.7 Å². The molecule has 0 amide bonds. The molecule has 2 heterocycles. The fourth-order valence-corrected chi connectivity index (χ4v) is 4.60. The van der Waals surface area contributed by atoms with Crippen LogP contribution in [0.1, 0.15) is 43.0 Å². The molecular formula is C19H20N4O5S. The Balaban J connectivity index is 1.83. The van der Waals surface area contributed by atoms with E-state index in [1.165, 1.54) is 19.1 Å². The molecule has 2 aliphatic rings. The van der Waals surface area contributed by atoms with Crippen molar-refractivity contribution in [2.24, 2.45) is 10.3 Å². The number of hydrogen-bond donors (Lipinski definition) is 1. The summed E-state index contributed by atoms with van der Waals surface area (Å²) < 4.78 is 34.1. The third-order valence-corrected chi connectivity index (χ3v) is 6.15. The van der Waals surface area contributed by atoms with Crippen LogP contribution < -0.4 is 4.90 Å². The highest BCUT2D eigenvalue weighted by molar-refractivity contribution is 7.90. The molecule has 1 N–H and O–H groups in total. The Labute approximate surface area is 168 Å². The summed E-state index contributed by atoms with van der Waals surface area (Å²) in [4.78, 5) is 26.0. The Morgan fingerprint density at radius 1 is 1.34 bits per heavy atom. The number of nitriles is 1. The summed E-state index contributed by atoms with van der Waals surface area (Å²) in [5, 5.41) is 16.3. The zero-order chi connectivity index (χ0) is 21.2. The zero-order valence-electron chi connectivity index (χ0n) is 15.8. The number of fused-ring (bicyclic) bond motifs is 3. The maximum atomic E-state index is 12.6. The second kappa shape index (κ2) is 8.13. The van der Waals surface area contributed by atoms with Gasteiger partial charge >= 0.3 is 5.97 Å². The van der Waals surface area contributed by atoms with Crippen molar-refractivity contribution in [3.05, 3.63) is 23.8 Å². The van der Waals surface area contributed by atoms with E-state index in [9.17, 15) is 18.0 Å². The molecule has 0 saturated carbocycles. The van der Waals surface area contributed by atoms with E-state index in [1.807, 2.05) is 4.90 Å². The quantitative estimate of drug-likeness (QED) is 0.572. The first-order valence-corrected chi connectivity index (χ1v) is 10.6. The number of carbonyl (C=O) groups excluding carboxylic acids is 2. The van der Waals surface area contributed by atoms with E-state index < -0.39 is 34.3 Å². The molecule has 1 aromatic carbocycles. The Hall–Kier alpha value is -3.06. The summed E-state index contributed by atoms with van der Waals surface area (Å²) >= 11 is 0. The first-order chi connectivity index (χ1) is 13.7. The zero-order valence-corrected chi connectivity index (χ0v) is 16.7. The molecule has 10 heteroatoms. The molecule has 1 aromatic rings. The number of hydrogen-bond acceptors (Lipinski definition) is 8. The third kappa shape index (κ3) is 4.19. The van der Waals surface area contributed by atoms with Gasteiger partial charge in [0.15, 0.2) is 12.4 Å². The van der Waals surface area contributed by atoms with E-state index >= 15 is 0 Å². The molecule has 152 valence electrons. The summed E-state index contributed by atoms with van der Waals surface area (Å²) in [6, 6.07) is 5.87. The Kier molecular flexibility index (Phi) is 5.79. The summed E-state index contributed by atoms with van der Waals surface area (Å²) in [6.07, 6.45) is 3.35. The van der Waals surface area contributed by atoms with Crippen LogP contribution in [0.3, 0.4) is 0 Å². The number of benzene rings is 1. The van der Waals surface area contributed by atoms with Crippen molar-refractivity contribution in [1.82, 2.24) is 0 Å². The van der Waals surface area contributed by atoms with Gasteiger partial charge in [0.05, 0.1) is 17.3 Å². The lowest BCUT2D eigenvalue weighted by Gasteiger charge is -2.29. The van der Waals surface area contributed by atoms with Gasteiger partial charge in [-0.1, -0.05) is 6.42 Å². The molecule has 1 atom stereocenters. The molecule has 0 aromatic heterocycles. The molecule has 2 aliphatic heterocycles. The molecule has 29 heavy (non-hydrogen) atoms. The van der Waals surface area contributed by atoms with Crippen LogP contribution in [0.4, 0.5) is 5.69 Å². The Morgan fingerprint density at radius 3 is 2.79 bits per heavy atom. The highest BCUT2D eigenvalue weighted by atomic mass is 32.2. The molecule has 0 bridgehead atoms. The van der Waals surface area contributed by atoms with Crippen molar-refractivity contribution < 1.29 is 22.7 Å². The highest BCUT2D eigenvalue weighted by Gasteiger charge is 2.32. The van der Waals surface area contributed by atoms with E-state index in [2.05, 4.69) is 4.40 Å². The van der Waals surface area contributed by atoms with Crippen molar-refractivity contribution in [1.29, 1.82) is 10.7 Å². The van der Waals surface area contributed by atoms with Crippen LogP contribution in [-0.4, -0.2) is 44.9 Å². The van der Waals surface area contributed by atoms with Gasteiger partial charge in [-0.25, -0.2) is 4.79 Å². The summed E-state index contributed by atoms with van der Waals surface area (Å²) in [6.45, 7) is 1.29. The number of nitrogens with one attached hydrogen (secondary N) is 1. The van der Waals surface area contributed by atoms with Crippen LogP contribution in [-0.2, 0) is 19.6 Å². The minimum atomic E-state index is -3.94. The van der Waals surface area contributed by atoms with Gasteiger partial charge in [0.25, 0.3) is 10.0 Å². The van der Waals surface area contributed by atoms with Gasteiger partial charge in [-0.05, 0) is 38.0 Å². The second-order valence-corrected chi connectivity index (χ2v) is 8.49. The predicted octanol–water partition coefficient (Wildman–Crippen LogP) is 2.07. The minimum Gasteiger partial charge on any atom is -0.454 e. The second-order valence-electron chi connectivity index (χ2n) is 6.91. The molecule has 1 unspecified atom stereocenters. The van der Waals surface area contributed by atoms with Gasteiger partial charge in [-0.2, -0.15) is 13.7 Å². The van der Waals surface area contributed by atoms with E-state index in [4.69, 9.17) is 15.4 Å². The lowest BCUT2D eigenvalue weighted by molar-refractivity contribution is -0.122. The number of anilines is 1. The standard InChI is InChI=1S/C19H20N4O5S/c1-12(21)14(10-20)16(24)11-28-19(25)13-6-7-15-17(9-13)29(26,27)22-18-5-3-2-4-8-23(15)18/h6-7,9,14,21H,2-5,8,11H2,1H3. The molecule has 0 aliphatic carbocycles. The summed E-state index contributed by atoms with van der Waals surface area (Å²) in [5.74, 6) is -2.36. The highest BCUT2D eigenvalue weighted by Crippen LogP contribution is 2.35. The number of rotatable bonds is 5. The van der Waals surface area contributed by atoms with Crippen LogP contribution in [0.5, 0.6) is 0 Å². The average molecular weight is 416 g/mol. The summed E-state index contributed by atoms with van der Waals surface area (Å²) in [7, 11) is -3.94. The monoisotopic (exact) mass is 416 g/mol. The Morgan fingerprint density at radius 2 is 2.10 bits per heavy atom. The largest absolute Gasteiger partial charge is 0.454 e. The van der Waals surface area contributed by atoms with Crippen molar-refractivity contribution in [3.8, 4) is 6.07 Å². The van der Waals surface area contributed by atoms with Crippen LogP contribution in [0, 0.1) is 22.7 Å². The Bertz CT molecular complexity index is 1050. The van der Waals surface area contributed by atoms with E-state index in [0.717, 1.165) is 19.3 Å². The number of nitrogens with zero attached hydrogens (tertiary/aromatic N) is 3. The van der Waals surface area contributed by atoms with Gasteiger partial charge in [-0.3, -0.25) is 4.79 Å².